The summed E-state index contributed by atoms with van der Waals surface area (Å²) < 4.78 is 5.17. The Bertz CT molecular complexity index is 104. The summed E-state index contributed by atoms with van der Waals surface area (Å²) in [5, 5.41) is 3.36. The maximum Gasteiger partial charge on any atom is 0.0505 e. The van der Waals surface area contributed by atoms with E-state index in [4.69, 9.17) is 4.74 Å². The highest BCUT2D eigenvalue weighted by Crippen LogP contribution is 2.23. The second-order valence-corrected chi connectivity index (χ2v) is 3.40. The van der Waals surface area contributed by atoms with Crippen LogP contribution >= 0.6 is 0 Å². The molecule has 0 saturated heterocycles. The molecule has 66 valence electrons. The third kappa shape index (κ3) is 2.46. The van der Waals surface area contributed by atoms with Gasteiger partial charge < -0.3 is 10.1 Å². The molecule has 0 aromatic carbocycles. The second-order valence-electron chi connectivity index (χ2n) is 3.40. The van der Waals surface area contributed by atoms with E-state index >= 15 is 0 Å². The van der Waals surface area contributed by atoms with Crippen molar-refractivity contribution in [1.82, 2.24) is 5.32 Å². The molecule has 0 aromatic rings. The van der Waals surface area contributed by atoms with E-state index in [-0.39, 0.29) is 0 Å². The Balaban J connectivity index is 2.31. The molecule has 0 aromatic heterocycles. The Kier molecular flexibility index (Phi) is 3.87. The van der Waals surface area contributed by atoms with Crippen molar-refractivity contribution in [3.63, 3.8) is 0 Å². The molecule has 2 atom stereocenters. The van der Waals surface area contributed by atoms with Crippen molar-refractivity contribution in [2.75, 3.05) is 20.8 Å². The van der Waals surface area contributed by atoms with Crippen LogP contribution in [-0.2, 0) is 4.74 Å². The van der Waals surface area contributed by atoms with Crippen LogP contribution in [0.5, 0.6) is 0 Å². The Hall–Kier alpha value is -0.0800. The normalized spacial score (nSPS) is 32.2. The molecule has 1 aliphatic rings. The molecule has 1 fully saturated rings. The van der Waals surface area contributed by atoms with Crippen LogP contribution in [0.1, 0.15) is 25.7 Å². The number of ether oxygens (including phenoxy) is 1. The van der Waals surface area contributed by atoms with Crippen molar-refractivity contribution in [3.8, 4) is 0 Å². The number of nitrogens with one attached hydrogen (secondary N) is 1. The number of rotatable bonds is 3. The molecule has 2 heteroatoms. The van der Waals surface area contributed by atoms with E-state index in [0.717, 1.165) is 12.5 Å². The second kappa shape index (κ2) is 4.73. The van der Waals surface area contributed by atoms with Crippen molar-refractivity contribution in [3.05, 3.63) is 0 Å². The molecule has 0 spiro atoms. The lowest BCUT2D eigenvalue weighted by molar-refractivity contribution is 0.111. The molecule has 0 amide bonds. The van der Waals surface area contributed by atoms with Crippen LogP contribution in [0.25, 0.3) is 0 Å². The third-order valence-electron chi connectivity index (χ3n) is 2.66. The van der Waals surface area contributed by atoms with Gasteiger partial charge in [-0.2, -0.15) is 0 Å². The number of methoxy groups -OCH3 is 1. The molecule has 1 saturated carbocycles. The van der Waals surface area contributed by atoms with Crippen LogP contribution in [0.15, 0.2) is 0 Å². The summed E-state index contributed by atoms with van der Waals surface area (Å²) in [4.78, 5) is 0. The molecule has 2 unspecified atom stereocenters. The molecule has 0 aliphatic heterocycles. The summed E-state index contributed by atoms with van der Waals surface area (Å²) in [7, 11) is 3.85. The summed E-state index contributed by atoms with van der Waals surface area (Å²) in [5.41, 5.74) is 0. The largest absolute Gasteiger partial charge is 0.384 e. The van der Waals surface area contributed by atoms with E-state index in [0.29, 0.717) is 6.04 Å². The maximum absolute atomic E-state index is 5.17. The quantitative estimate of drug-likeness (QED) is 0.669. The minimum absolute atomic E-state index is 0.698. The molecule has 1 aliphatic carbocycles. The zero-order valence-corrected chi connectivity index (χ0v) is 7.60. The van der Waals surface area contributed by atoms with E-state index in [1.54, 1.807) is 7.11 Å². The van der Waals surface area contributed by atoms with Crippen molar-refractivity contribution < 1.29 is 4.74 Å². The van der Waals surface area contributed by atoms with Gasteiger partial charge in [-0.25, -0.2) is 0 Å². The van der Waals surface area contributed by atoms with Gasteiger partial charge in [-0.3, -0.25) is 0 Å². The summed E-state index contributed by atoms with van der Waals surface area (Å²) in [5.74, 6) is 0.749. The highest BCUT2D eigenvalue weighted by Gasteiger charge is 2.22. The highest BCUT2D eigenvalue weighted by molar-refractivity contribution is 4.79. The predicted molar refractivity (Wildman–Crippen MR) is 46.7 cm³/mol. The fourth-order valence-corrected chi connectivity index (χ4v) is 2.00. The SMILES string of the molecule is CNC1CCCCC1COC. The van der Waals surface area contributed by atoms with Gasteiger partial charge >= 0.3 is 0 Å². The average Bonchev–Trinajstić information content (AvgIpc) is 2.06. The lowest BCUT2D eigenvalue weighted by Gasteiger charge is -2.30. The van der Waals surface area contributed by atoms with Crippen molar-refractivity contribution in [2.45, 2.75) is 31.7 Å². The lowest BCUT2D eigenvalue weighted by Crippen LogP contribution is -2.38. The summed E-state index contributed by atoms with van der Waals surface area (Å²) in [6.45, 7) is 0.922. The minimum atomic E-state index is 0.698. The minimum Gasteiger partial charge on any atom is -0.384 e. The van der Waals surface area contributed by atoms with Gasteiger partial charge in [-0.1, -0.05) is 12.8 Å². The third-order valence-corrected chi connectivity index (χ3v) is 2.66. The molecule has 1 rings (SSSR count). The molecule has 1 N–H and O–H groups in total. The lowest BCUT2D eigenvalue weighted by atomic mass is 9.85. The average molecular weight is 157 g/mol. The molecule has 0 heterocycles. The molecular formula is C9H19NO. The van der Waals surface area contributed by atoms with Crippen LogP contribution in [0.4, 0.5) is 0 Å². The molecular weight excluding hydrogens is 138 g/mol. The van der Waals surface area contributed by atoms with Gasteiger partial charge in [-0.05, 0) is 25.8 Å². The fraction of sp³-hybridized carbons (Fsp3) is 1.00. The van der Waals surface area contributed by atoms with Gasteiger partial charge in [-0.15, -0.1) is 0 Å². The van der Waals surface area contributed by atoms with Crippen molar-refractivity contribution >= 4 is 0 Å². The van der Waals surface area contributed by atoms with Gasteiger partial charge in [0.05, 0.1) is 6.61 Å². The van der Waals surface area contributed by atoms with Gasteiger partial charge in [0, 0.05) is 13.2 Å². The maximum atomic E-state index is 5.17. The molecule has 0 radical (unpaired) electrons. The topological polar surface area (TPSA) is 21.3 Å². The van der Waals surface area contributed by atoms with E-state index in [9.17, 15) is 0 Å². The Morgan fingerprint density at radius 2 is 2.09 bits per heavy atom. The van der Waals surface area contributed by atoms with Crippen LogP contribution in [0.2, 0.25) is 0 Å². The number of hydrogen-bond donors (Lipinski definition) is 1. The monoisotopic (exact) mass is 157 g/mol. The van der Waals surface area contributed by atoms with Crippen LogP contribution in [0, 0.1) is 5.92 Å². The van der Waals surface area contributed by atoms with E-state index < -0.39 is 0 Å². The first-order chi connectivity index (χ1) is 5.38. The fourth-order valence-electron chi connectivity index (χ4n) is 2.00. The molecule has 11 heavy (non-hydrogen) atoms. The van der Waals surface area contributed by atoms with Crippen LogP contribution in [-0.4, -0.2) is 26.8 Å². The molecule has 0 bridgehead atoms. The zero-order chi connectivity index (χ0) is 8.10. The highest BCUT2D eigenvalue weighted by atomic mass is 16.5. The first-order valence-corrected chi connectivity index (χ1v) is 4.54. The first kappa shape index (κ1) is 9.01. The van der Waals surface area contributed by atoms with Crippen molar-refractivity contribution in [1.29, 1.82) is 0 Å². The van der Waals surface area contributed by atoms with E-state index in [2.05, 4.69) is 12.4 Å². The van der Waals surface area contributed by atoms with E-state index in [1.807, 2.05) is 0 Å². The summed E-state index contributed by atoms with van der Waals surface area (Å²) >= 11 is 0. The Labute approximate surface area is 69.3 Å². The zero-order valence-electron chi connectivity index (χ0n) is 7.60. The smallest absolute Gasteiger partial charge is 0.0505 e. The van der Waals surface area contributed by atoms with Crippen molar-refractivity contribution in [2.24, 2.45) is 5.92 Å². The van der Waals surface area contributed by atoms with Gasteiger partial charge in [0.2, 0.25) is 0 Å². The summed E-state index contributed by atoms with van der Waals surface area (Å²) in [6, 6.07) is 0.698. The van der Waals surface area contributed by atoms with Gasteiger partial charge in [0.25, 0.3) is 0 Å². The van der Waals surface area contributed by atoms with Gasteiger partial charge in [0.15, 0.2) is 0 Å². The summed E-state index contributed by atoms with van der Waals surface area (Å²) in [6.07, 6.45) is 5.42. The van der Waals surface area contributed by atoms with Gasteiger partial charge in [0.1, 0.15) is 0 Å². The number of hydrogen-bond acceptors (Lipinski definition) is 2. The Morgan fingerprint density at radius 3 is 2.73 bits per heavy atom. The van der Waals surface area contributed by atoms with Crippen LogP contribution < -0.4 is 5.32 Å². The Morgan fingerprint density at radius 1 is 1.36 bits per heavy atom. The predicted octanol–water partition coefficient (Wildman–Crippen LogP) is 1.41. The van der Waals surface area contributed by atoms with Crippen LogP contribution in [0.3, 0.4) is 0 Å². The standard InChI is InChI=1S/C9H19NO/c1-10-9-6-4-3-5-8(9)7-11-2/h8-10H,3-7H2,1-2H3. The first-order valence-electron chi connectivity index (χ1n) is 4.54. The van der Waals surface area contributed by atoms with E-state index in [1.165, 1.54) is 25.7 Å². The molecule has 2 nitrogen and oxygen atoms in total.